The highest BCUT2D eigenvalue weighted by molar-refractivity contribution is 6.31. The number of nitrogens with one attached hydrogen (secondary N) is 2. The third-order valence-corrected chi connectivity index (χ3v) is 10.1. The van der Waals surface area contributed by atoms with Crippen molar-refractivity contribution in [2.45, 2.75) is 101 Å². The van der Waals surface area contributed by atoms with Gasteiger partial charge in [0.15, 0.2) is 0 Å². The van der Waals surface area contributed by atoms with Crippen LogP contribution in [0.4, 0.5) is 9.59 Å². The van der Waals surface area contributed by atoms with Gasteiger partial charge in [-0.2, -0.15) is 0 Å². The molecule has 1 unspecified atom stereocenters. The molecule has 1 aromatic carbocycles. The maximum Gasteiger partial charge on any atom is 0.410 e. The first-order valence-electron chi connectivity index (χ1n) is 16.9. The highest BCUT2D eigenvalue weighted by Crippen LogP contribution is 2.46. The lowest BCUT2D eigenvalue weighted by atomic mass is 10.0. The molecule has 1 saturated carbocycles. The Balaban J connectivity index is 1.22. The van der Waals surface area contributed by atoms with Crippen LogP contribution < -0.4 is 10.6 Å². The summed E-state index contributed by atoms with van der Waals surface area (Å²) in [5.41, 5.74) is 0.543. The van der Waals surface area contributed by atoms with Crippen molar-refractivity contribution in [3.8, 4) is 0 Å². The third kappa shape index (κ3) is 7.41. The van der Waals surface area contributed by atoms with Crippen molar-refractivity contribution in [1.29, 1.82) is 0 Å². The second-order valence-electron chi connectivity index (χ2n) is 13.1. The molecule has 6 rings (SSSR count). The smallest absolute Gasteiger partial charge is 0.410 e. The van der Waals surface area contributed by atoms with Crippen molar-refractivity contribution in [1.82, 2.24) is 20.4 Å². The van der Waals surface area contributed by atoms with E-state index < -0.39 is 59.8 Å². The number of carbonyl (C=O) groups excluding carboxylic acids is 5. The topological polar surface area (TPSA) is 153 Å². The summed E-state index contributed by atoms with van der Waals surface area (Å²) in [6.45, 7) is 3.18. The number of alkyl carbamates (subject to hydrolysis) is 1. The van der Waals surface area contributed by atoms with Gasteiger partial charge in [0.1, 0.15) is 29.8 Å². The van der Waals surface area contributed by atoms with Crippen LogP contribution in [0.25, 0.3) is 0 Å². The second kappa shape index (κ2) is 14.7. The molecule has 6 atom stereocenters. The quantitative estimate of drug-likeness (QED) is 0.269. The molecule has 5 aliphatic rings. The zero-order valence-electron chi connectivity index (χ0n) is 27.1. The van der Waals surface area contributed by atoms with Crippen LogP contribution in [0.5, 0.6) is 0 Å². The number of halogens is 1. The molecule has 1 aromatic rings. The van der Waals surface area contributed by atoms with E-state index in [0.717, 1.165) is 30.4 Å². The van der Waals surface area contributed by atoms with Gasteiger partial charge in [0.05, 0.1) is 32.9 Å². The molecule has 1 aliphatic carbocycles. The highest BCUT2D eigenvalue weighted by Gasteiger charge is 2.62. The van der Waals surface area contributed by atoms with Crippen molar-refractivity contribution in [2.24, 2.45) is 5.92 Å². The molecular weight excluding hydrogens is 644 g/mol. The Kier molecular flexibility index (Phi) is 10.4. The van der Waals surface area contributed by atoms with Crippen molar-refractivity contribution >= 4 is 41.6 Å². The van der Waals surface area contributed by atoms with Gasteiger partial charge in [0.2, 0.25) is 11.8 Å². The minimum atomic E-state index is -1.24. The van der Waals surface area contributed by atoms with Crippen molar-refractivity contribution in [3.63, 3.8) is 0 Å². The Labute approximate surface area is 284 Å². The summed E-state index contributed by atoms with van der Waals surface area (Å²) < 4.78 is 22.1. The predicted molar refractivity (Wildman–Crippen MR) is 172 cm³/mol. The monoisotopic (exact) mass is 686 g/mol. The number of ether oxygens (including phenoxy) is 4. The fraction of sp³-hybridized carbons (Fsp3) is 0.618. The van der Waals surface area contributed by atoms with Crippen LogP contribution in [-0.2, 0) is 46.4 Å². The highest BCUT2D eigenvalue weighted by atomic mass is 35.5. The molecule has 0 spiro atoms. The molecule has 0 radical (unpaired) electrons. The number of amides is 4. The van der Waals surface area contributed by atoms with E-state index in [1.54, 1.807) is 13.0 Å². The lowest BCUT2D eigenvalue weighted by Gasteiger charge is -2.29. The number of carbonyl (C=O) groups is 5. The van der Waals surface area contributed by atoms with Crippen molar-refractivity contribution < 1.29 is 42.9 Å². The first-order valence-corrected chi connectivity index (χ1v) is 17.3. The number of hydrogen-bond donors (Lipinski definition) is 2. The number of nitrogens with zero attached hydrogens (tertiary/aromatic N) is 2. The normalized spacial score (nSPS) is 30.2. The first kappa shape index (κ1) is 34.0. The van der Waals surface area contributed by atoms with Crippen molar-refractivity contribution in [2.75, 3.05) is 26.4 Å². The van der Waals surface area contributed by atoms with Crippen LogP contribution in [-0.4, -0.2) is 96.0 Å². The molecule has 0 bridgehead atoms. The lowest BCUT2D eigenvalue weighted by molar-refractivity contribution is -0.150. The summed E-state index contributed by atoms with van der Waals surface area (Å²) in [4.78, 5) is 70.6. The summed E-state index contributed by atoms with van der Waals surface area (Å²) in [6, 6.07) is 3.46. The van der Waals surface area contributed by atoms with Gasteiger partial charge in [0.25, 0.3) is 0 Å². The van der Waals surface area contributed by atoms with Crippen LogP contribution in [0.2, 0.25) is 5.02 Å². The van der Waals surface area contributed by atoms with E-state index in [2.05, 4.69) is 10.6 Å². The number of allylic oxidation sites excluding steroid dienone is 1. The largest absolute Gasteiger partial charge is 0.464 e. The summed E-state index contributed by atoms with van der Waals surface area (Å²) in [5, 5.41) is 6.22. The summed E-state index contributed by atoms with van der Waals surface area (Å²) in [6.07, 6.45) is 5.80. The van der Waals surface area contributed by atoms with Gasteiger partial charge in [-0.1, -0.05) is 48.7 Å². The standard InChI is InChI=1S/C34H43ClN4O9/c1-2-46-31(42)34-16-22(34)10-6-4-3-5-7-12-27(36-32(43)47-23-13-14-45-20-23)30(41)39-18-24(15-28(39)29(40)37-34)48-33(44)38-17-21-9-8-11-26(35)25(21)19-38/h6,8-11,22-24,27-28H,2-5,7,12-20H2,1H3,(H,36,43)(H,37,40)/t22-,23?,24-,27+,28+,34-/m1/s1. The first-order chi connectivity index (χ1) is 23.2. The minimum absolute atomic E-state index is 0.0147. The molecule has 0 aromatic heterocycles. The molecule has 13 nitrogen and oxygen atoms in total. The second-order valence-corrected chi connectivity index (χ2v) is 13.5. The molecule has 2 N–H and O–H groups in total. The van der Waals surface area contributed by atoms with Gasteiger partial charge < -0.3 is 34.5 Å². The van der Waals surface area contributed by atoms with E-state index in [0.29, 0.717) is 50.5 Å². The Morgan fingerprint density at radius 2 is 1.96 bits per heavy atom. The number of hydrogen-bond acceptors (Lipinski definition) is 9. The lowest BCUT2D eigenvalue weighted by Crippen LogP contribution is -2.56. The number of esters is 1. The minimum Gasteiger partial charge on any atom is -0.464 e. The molecule has 3 fully saturated rings. The zero-order chi connectivity index (χ0) is 33.8. The van der Waals surface area contributed by atoms with Gasteiger partial charge in [-0.3, -0.25) is 14.5 Å². The van der Waals surface area contributed by atoms with Gasteiger partial charge in [-0.25, -0.2) is 14.4 Å². The zero-order valence-corrected chi connectivity index (χ0v) is 27.9. The van der Waals surface area contributed by atoms with Crippen LogP contribution in [0.15, 0.2) is 30.4 Å². The fourth-order valence-electron chi connectivity index (χ4n) is 7.05. The number of benzene rings is 1. The Bertz CT molecular complexity index is 1450. The third-order valence-electron chi connectivity index (χ3n) is 9.78. The Hall–Kier alpha value is -3.84. The van der Waals surface area contributed by atoms with E-state index in [-0.39, 0.29) is 32.0 Å². The molecule has 4 aliphatic heterocycles. The molecule has 2 saturated heterocycles. The predicted octanol–water partition coefficient (Wildman–Crippen LogP) is 3.60. The Morgan fingerprint density at radius 3 is 2.73 bits per heavy atom. The number of rotatable bonds is 5. The van der Waals surface area contributed by atoms with E-state index in [1.807, 2.05) is 24.3 Å². The van der Waals surface area contributed by atoms with E-state index in [1.165, 1.54) is 9.80 Å². The molecule has 14 heteroatoms. The van der Waals surface area contributed by atoms with Gasteiger partial charge >= 0.3 is 18.2 Å². The van der Waals surface area contributed by atoms with Crippen molar-refractivity contribution in [3.05, 3.63) is 46.5 Å². The SMILES string of the molecule is CCOC(=O)[C@@]12C[C@H]1C=CCCCCC[C@H](NC(=O)OC1CCOC1)C(=O)N1C[C@H](OC(=O)N3Cc4cccc(Cl)c4C3)C[C@H]1C(=O)N2. The summed E-state index contributed by atoms with van der Waals surface area (Å²) in [7, 11) is 0. The van der Waals surface area contributed by atoms with E-state index >= 15 is 0 Å². The maximum atomic E-state index is 14.2. The van der Waals surface area contributed by atoms with Crippen LogP contribution >= 0.6 is 11.6 Å². The van der Waals surface area contributed by atoms with Gasteiger partial charge in [0, 0.05) is 30.3 Å². The van der Waals surface area contributed by atoms with Crippen LogP contribution in [0.1, 0.15) is 69.4 Å². The average molecular weight is 687 g/mol. The average Bonchev–Trinajstić information content (AvgIpc) is 3.49. The molecule has 48 heavy (non-hydrogen) atoms. The van der Waals surface area contributed by atoms with Gasteiger partial charge in [-0.05, 0) is 49.8 Å². The molecule has 260 valence electrons. The summed E-state index contributed by atoms with van der Waals surface area (Å²) >= 11 is 6.35. The van der Waals surface area contributed by atoms with Crippen LogP contribution in [0, 0.1) is 5.92 Å². The Morgan fingerprint density at radius 1 is 1.10 bits per heavy atom. The molecular formula is C34H43ClN4O9. The fourth-order valence-corrected chi connectivity index (χ4v) is 7.31. The summed E-state index contributed by atoms with van der Waals surface area (Å²) in [5.74, 6) is -1.80. The maximum absolute atomic E-state index is 14.2. The number of fused-ring (bicyclic) bond motifs is 3. The van der Waals surface area contributed by atoms with Crippen LogP contribution in [0.3, 0.4) is 0 Å². The molecule has 4 amide bonds. The molecule has 4 heterocycles. The van der Waals surface area contributed by atoms with E-state index in [9.17, 15) is 24.0 Å². The van der Waals surface area contributed by atoms with E-state index in [4.69, 9.17) is 30.5 Å². The van der Waals surface area contributed by atoms with Gasteiger partial charge in [-0.15, -0.1) is 0 Å².